The van der Waals surface area contributed by atoms with Crippen molar-refractivity contribution in [3.8, 4) is 11.1 Å². The van der Waals surface area contributed by atoms with Gasteiger partial charge < -0.3 is 0 Å². The number of rotatable bonds is 14. The van der Waals surface area contributed by atoms with Gasteiger partial charge in [-0.3, -0.25) is 0 Å². The number of hydrogen-bond donors (Lipinski definition) is 0. The van der Waals surface area contributed by atoms with Crippen molar-refractivity contribution >= 4 is 0 Å². The zero-order chi connectivity index (χ0) is 22.1. The normalized spacial score (nSPS) is 13.6. The molecule has 31 heavy (non-hydrogen) atoms. The topological polar surface area (TPSA) is 0 Å². The fourth-order valence-corrected chi connectivity index (χ4v) is 5.43. The molecule has 0 aliphatic heterocycles. The molecule has 0 fully saturated rings. The molecular formula is C31H42. The molecule has 0 heterocycles. The quantitative estimate of drug-likeness (QED) is 0.213. The lowest BCUT2D eigenvalue weighted by molar-refractivity contribution is 0.541. The average Bonchev–Trinajstić information content (AvgIpc) is 3.04. The van der Waals surface area contributed by atoms with Crippen molar-refractivity contribution in [3.05, 3.63) is 84.0 Å². The molecule has 3 rings (SSSR count). The Balaban J connectivity index is 1.96. The summed E-state index contributed by atoms with van der Waals surface area (Å²) in [6, 6.07) is 14.5. The molecule has 0 heteroatoms. The summed E-state index contributed by atoms with van der Waals surface area (Å²) in [6.07, 6.45) is 19.1. The van der Waals surface area contributed by atoms with Crippen LogP contribution >= 0.6 is 0 Å². The third-order valence-electron chi connectivity index (χ3n) is 7.11. The van der Waals surface area contributed by atoms with Crippen molar-refractivity contribution in [2.45, 2.75) is 96.3 Å². The minimum absolute atomic E-state index is 0.00692. The molecule has 2 aromatic rings. The standard InChI is InChI=1S/C31H42/c1-5-9-11-13-15-25-17-19-27-28-20-18-26(16-14-12-10-6-2)24-30(28)31(21-7-3,22-8-4)29(27)23-25/h7-8,17-20,23-24H,3-6,9-16,21-22H2,1-2H3. The van der Waals surface area contributed by atoms with Gasteiger partial charge in [-0.05, 0) is 71.9 Å². The van der Waals surface area contributed by atoms with Gasteiger partial charge in [0.05, 0.1) is 0 Å². The van der Waals surface area contributed by atoms with Gasteiger partial charge in [0, 0.05) is 5.41 Å². The Labute approximate surface area is 191 Å². The lowest BCUT2D eigenvalue weighted by Crippen LogP contribution is -2.24. The molecule has 1 aliphatic rings. The maximum atomic E-state index is 4.15. The predicted octanol–water partition coefficient (Wildman–Crippen LogP) is 9.35. The zero-order valence-corrected chi connectivity index (χ0v) is 20.0. The summed E-state index contributed by atoms with van der Waals surface area (Å²) in [7, 11) is 0. The molecule has 0 saturated heterocycles. The van der Waals surface area contributed by atoms with Gasteiger partial charge in [-0.25, -0.2) is 0 Å². The van der Waals surface area contributed by atoms with E-state index in [9.17, 15) is 0 Å². The Bertz CT molecular complexity index is 796. The molecule has 166 valence electrons. The van der Waals surface area contributed by atoms with Crippen LogP contribution in [0.25, 0.3) is 11.1 Å². The number of fused-ring (bicyclic) bond motifs is 3. The third-order valence-corrected chi connectivity index (χ3v) is 7.11. The summed E-state index contributed by atoms with van der Waals surface area (Å²) in [5.74, 6) is 0. The molecule has 0 nitrogen and oxygen atoms in total. The second kappa shape index (κ2) is 11.5. The first-order chi connectivity index (χ1) is 15.2. The summed E-state index contributed by atoms with van der Waals surface area (Å²) in [6.45, 7) is 12.9. The number of aryl methyl sites for hydroxylation is 2. The van der Waals surface area contributed by atoms with Crippen LogP contribution in [0.1, 0.15) is 100 Å². The van der Waals surface area contributed by atoms with Crippen LogP contribution in [-0.4, -0.2) is 0 Å². The van der Waals surface area contributed by atoms with Crippen molar-refractivity contribution in [1.82, 2.24) is 0 Å². The maximum Gasteiger partial charge on any atom is 0.0283 e. The summed E-state index contributed by atoms with van der Waals surface area (Å²) in [5, 5.41) is 0. The van der Waals surface area contributed by atoms with Crippen molar-refractivity contribution < 1.29 is 0 Å². The van der Waals surface area contributed by atoms with Crippen molar-refractivity contribution in [1.29, 1.82) is 0 Å². The summed E-state index contributed by atoms with van der Waals surface area (Å²) in [5.41, 5.74) is 8.81. The number of allylic oxidation sites excluding steroid dienone is 2. The van der Waals surface area contributed by atoms with Gasteiger partial charge in [-0.15, -0.1) is 13.2 Å². The van der Waals surface area contributed by atoms with Crippen LogP contribution in [0, 0.1) is 0 Å². The van der Waals surface area contributed by atoms with E-state index >= 15 is 0 Å². The molecular weight excluding hydrogens is 372 g/mol. The van der Waals surface area contributed by atoms with Crippen LogP contribution < -0.4 is 0 Å². The van der Waals surface area contributed by atoms with Crippen LogP contribution in [-0.2, 0) is 18.3 Å². The van der Waals surface area contributed by atoms with Crippen LogP contribution in [0.3, 0.4) is 0 Å². The highest BCUT2D eigenvalue weighted by atomic mass is 14.4. The SMILES string of the molecule is C=CCC1(CC=C)c2cc(CCCCCC)ccc2-c2ccc(CCCCCC)cc21. The monoisotopic (exact) mass is 414 g/mol. The van der Waals surface area contributed by atoms with Gasteiger partial charge in [0.15, 0.2) is 0 Å². The van der Waals surface area contributed by atoms with E-state index in [0.717, 1.165) is 12.8 Å². The zero-order valence-electron chi connectivity index (χ0n) is 20.0. The molecule has 0 bridgehead atoms. The van der Waals surface area contributed by atoms with Crippen molar-refractivity contribution in [2.24, 2.45) is 0 Å². The predicted molar refractivity (Wildman–Crippen MR) is 138 cm³/mol. The van der Waals surface area contributed by atoms with Crippen LogP contribution in [0.2, 0.25) is 0 Å². The largest absolute Gasteiger partial charge is 0.103 e. The van der Waals surface area contributed by atoms with E-state index in [2.05, 4.69) is 75.6 Å². The Morgan fingerprint density at radius 1 is 0.645 bits per heavy atom. The van der Waals surface area contributed by atoms with E-state index in [0.29, 0.717) is 0 Å². The lowest BCUT2D eigenvalue weighted by atomic mass is 9.72. The van der Waals surface area contributed by atoms with Gasteiger partial charge >= 0.3 is 0 Å². The smallest absolute Gasteiger partial charge is 0.0283 e. The first kappa shape index (κ1) is 23.6. The molecule has 0 unspecified atom stereocenters. The fourth-order valence-electron chi connectivity index (χ4n) is 5.43. The van der Waals surface area contributed by atoms with E-state index in [-0.39, 0.29) is 5.41 Å². The molecule has 0 atom stereocenters. The maximum absolute atomic E-state index is 4.15. The molecule has 1 aliphatic carbocycles. The minimum Gasteiger partial charge on any atom is -0.103 e. The highest BCUT2D eigenvalue weighted by molar-refractivity contribution is 5.82. The lowest BCUT2D eigenvalue weighted by Gasteiger charge is -2.31. The highest BCUT2D eigenvalue weighted by Crippen LogP contribution is 2.53. The van der Waals surface area contributed by atoms with Gasteiger partial charge in [0.2, 0.25) is 0 Å². The minimum atomic E-state index is -0.00692. The van der Waals surface area contributed by atoms with Gasteiger partial charge in [0.25, 0.3) is 0 Å². The van der Waals surface area contributed by atoms with Crippen LogP contribution in [0.4, 0.5) is 0 Å². The van der Waals surface area contributed by atoms with E-state index in [1.807, 2.05) is 0 Å². The summed E-state index contributed by atoms with van der Waals surface area (Å²) < 4.78 is 0. The average molecular weight is 415 g/mol. The number of benzene rings is 2. The Morgan fingerprint density at radius 2 is 1.10 bits per heavy atom. The van der Waals surface area contributed by atoms with Crippen LogP contribution in [0.5, 0.6) is 0 Å². The van der Waals surface area contributed by atoms with Crippen molar-refractivity contribution in [3.63, 3.8) is 0 Å². The third kappa shape index (κ3) is 5.22. The molecule has 2 aromatic carbocycles. The van der Waals surface area contributed by atoms with Gasteiger partial charge in [-0.1, -0.05) is 101 Å². The second-order valence-corrected chi connectivity index (χ2v) is 9.45. The molecule has 0 spiro atoms. The second-order valence-electron chi connectivity index (χ2n) is 9.45. The summed E-state index contributed by atoms with van der Waals surface area (Å²) >= 11 is 0. The van der Waals surface area contributed by atoms with E-state index in [1.165, 1.54) is 97.6 Å². The van der Waals surface area contributed by atoms with Crippen LogP contribution in [0.15, 0.2) is 61.7 Å². The molecule has 0 saturated carbocycles. The molecule has 0 amide bonds. The Kier molecular flexibility index (Phi) is 8.76. The van der Waals surface area contributed by atoms with E-state index < -0.39 is 0 Å². The summed E-state index contributed by atoms with van der Waals surface area (Å²) in [4.78, 5) is 0. The Hall–Kier alpha value is -2.08. The number of unbranched alkanes of at least 4 members (excludes halogenated alkanes) is 6. The van der Waals surface area contributed by atoms with E-state index in [4.69, 9.17) is 0 Å². The first-order valence-electron chi connectivity index (χ1n) is 12.7. The number of hydrogen-bond acceptors (Lipinski definition) is 0. The fraction of sp³-hybridized carbons (Fsp3) is 0.484. The van der Waals surface area contributed by atoms with Gasteiger partial charge in [0.1, 0.15) is 0 Å². The first-order valence-corrected chi connectivity index (χ1v) is 12.7. The van der Waals surface area contributed by atoms with Gasteiger partial charge in [-0.2, -0.15) is 0 Å². The molecule has 0 aromatic heterocycles. The Morgan fingerprint density at radius 3 is 1.48 bits per heavy atom. The van der Waals surface area contributed by atoms with E-state index in [1.54, 1.807) is 0 Å². The van der Waals surface area contributed by atoms with Crippen molar-refractivity contribution in [2.75, 3.05) is 0 Å². The highest BCUT2D eigenvalue weighted by Gasteiger charge is 2.41. The molecule has 0 N–H and O–H groups in total. The molecule has 0 radical (unpaired) electrons.